The Morgan fingerprint density at radius 3 is 2.38 bits per heavy atom. The summed E-state index contributed by atoms with van der Waals surface area (Å²) in [5.41, 5.74) is 1.19. The van der Waals surface area contributed by atoms with E-state index in [9.17, 15) is 0 Å². The van der Waals surface area contributed by atoms with Gasteiger partial charge in [0.05, 0.1) is 0 Å². The van der Waals surface area contributed by atoms with E-state index in [1.165, 1.54) is 37.9 Å². The fourth-order valence-corrected chi connectivity index (χ4v) is 2.91. The van der Waals surface area contributed by atoms with Crippen LogP contribution < -0.4 is 10.6 Å². The summed E-state index contributed by atoms with van der Waals surface area (Å²) in [4.78, 5) is 11.4. The number of nitrogens with one attached hydrogen (secondary N) is 2. The van der Waals surface area contributed by atoms with Crippen LogP contribution in [0.4, 0.5) is 11.6 Å². The molecule has 5 nitrogen and oxygen atoms in total. The summed E-state index contributed by atoms with van der Waals surface area (Å²) in [6.07, 6.45) is 5.72. The maximum atomic E-state index is 4.44. The molecule has 5 heteroatoms. The third kappa shape index (κ3) is 4.56. The molecule has 0 spiro atoms. The van der Waals surface area contributed by atoms with Crippen LogP contribution in [-0.2, 0) is 0 Å². The van der Waals surface area contributed by atoms with E-state index in [2.05, 4.69) is 46.3 Å². The Hall–Kier alpha value is -1.36. The van der Waals surface area contributed by atoms with Gasteiger partial charge in [0, 0.05) is 25.2 Å². The summed E-state index contributed by atoms with van der Waals surface area (Å²) in [7, 11) is 0. The smallest absolute Gasteiger partial charge is 0.135 e. The summed E-state index contributed by atoms with van der Waals surface area (Å²) in [6, 6.07) is 0. The highest BCUT2D eigenvalue weighted by molar-refractivity contribution is 5.58. The molecule has 1 fully saturated rings. The molecule has 0 amide bonds. The van der Waals surface area contributed by atoms with E-state index in [0.717, 1.165) is 31.3 Å². The molecule has 1 aliphatic heterocycles. The van der Waals surface area contributed by atoms with Crippen LogP contribution in [0.5, 0.6) is 0 Å². The first-order valence-corrected chi connectivity index (χ1v) is 8.27. The molecule has 0 atom stereocenters. The fourth-order valence-electron chi connectivity index (χ4n) is 2.91. The number of aromatic nitrogens is 2. The molecule has 21 heavy (non-hydrogen) atoms. The number of nitrogens with zero attached hydrogens (tertiary/aromatic N) is 3. The van der Waals surface area contributed by atoms with Crippen LogP contribution in [0.25, 0.3) is 0 Å². The number of anilines is 2. The summed E-state index contributed by atoms with van der Waals surface area (Å²) in [6.45, 7) is 11.9. The molecule has 2 rings (SSSR count). The van der Waals surface area contributed by atoms with Crippen LogP contribution in [0.1, 0.15) is 51.5 Å². The highest BCUT2D eigenvalue weighted by atomic mass is 15.2. The minimum Gasteiger partial charge on any atom is -0.370 e. The summed E-state index contributed by atoms with van der Waals surface area (Å²) < 4.78 is 0. The molecule has 1 saturated heterocycles. The Kier molecular flexibility index (Phi) is 6.23. The lowest BCUT2D eigenvalue weighted by Gasteiger charge is -2.26. The molecule has 0 aliphatic carbocycles. The van der Waals surface area contributed by atoms with Crippen molar-refractivity contribution in [1.82, 2.24) is 14.9 Å². The van der Waals surface area contributed by atoms with E-state index in [-0.39, 0.29) is 0 Å². The van der Waals surface area contributed by atoms with E-state index in [4.69, 9.17) is 0 Å². The Labute approximate surface area is 128 Å². The maximum absolute atomic E-state index is 4.44. The SMILES string of the molecule is CCNc1ncnc(NCCN2CCCCC2)c1C(C)C. The molecule has 0 bridgehead atoms. The Morgan fingerprint density at radius 1 is 1.10 bits per heavy atom. The molecular formula is C16H29N5. The van der Waals surface area contributed by atoms with Crippen molar-refractivity contribution in [2.75, 3.05) is 43.4 Å². The monoisotopic (exact) mass is 291 g/mol. The molecule has 1 aromatic heterocycles. The van der Waals surface area contributed by atoms with E-state index in [1.54, 1.807) is 6.33 Å². The summed E-state index contributed by atoms with van der Waals surface area (Å²) in [5, 5.41) is 6.84. The zero-order chi connectivity index (χ0) is 15.1. The van der Waals surface area contributed by atoms with Gasteiger partial charge < -0.3 is 15.5 Å². The zero-order valence-electron chi connectivity index (χ0n) is 13.7. The highest BCUT2D eigenvalue weighted by Gasteiger charge is 2.15. The zero-order valence-corrected chi connectivity index (χ0v) is 13.7. The molecule has 1 aliphatic rings. The highest BCUT2D eigenvalue weighted by Crippen LogP contribution is 2.28. The molecular weight excluding hydrogens is 262 g/mol. The van der Waals surface area contributed by atoms with Crippen LogP contribution in [0.2, 0.25) is 0 Å². The average molecular weight is 291 g/mol. The largest absolute Gasteiger partial charge is 0.370 e. The van der Waals surface area contributed by atoms with Crippen molar-refractivity contribution in [3.63, 3.8) is 0 Å². The lowest BCUT2D eigenvalue weighted by molar-refractivity contribution is 0.237. The van der Waals surface area contributed by atoms with Gasteiger partial charge in [-0.15, -0.1) is 0 Å². The maximum Gasteiger partial charge on any atom is 0.135 e. The van der Waals surface area contributed by atoms with Crippen LogP contribution in [-0.4, -0.2) is 47.6 Å². The summed E-state index contributed by atoms with van der Waals surface area (Å²) in [5.74, 6) is 2.34. The summed E-state index contributed by atoms with van der Waals surface area (Å²) >= 11 is 0. The average Bonchev–Trinajstić information content (AvgIpc) is 2.48. The second-order valence-electron chi connectivity index (χ2n) is 6.00. The van der Waals surface area contributed by atoms with Crippen molar-refractivity contribution in [2.24, 2.45) is 0 Å². The van der Waals surface area contributed by atoms with E-state index in [1.807, 2.05) is 0 Å². The Bertz CT molecular complexity index is 427. The van der Waals surface area contributed by atoms with Gasteiger partial charge in [0.15, 0.2) is 0 Å². The molecule has 2 N–H and O–H groups in total. The van der Waals surface area contributed by atoms with E-state index < -0.39 is 0 Å². The quantitative estimate of drug-likeness (QED) is 0.809. The second-order valence-corrected chi connectivity index (χ2v) is 6.00. The first kappa shape index (κ1) is 16.0. The van der Waals surface area contributed by atoms with Crippen molar-refractivity contribution in [2.45, 2.75) is 46.0 Å². The van der Waals surface area contributed by atoms with Gasteiger partial charge in [-0.3, -0.25) is 0 Å². The van der Waals surface area contributed by atoms with Crippen LogP contribution in [0.15, 0.2) is 6.33 Å². The van der Waals surface area contributed by atoms with E-state index in [0.29, 0.717) is 5.92 Å². The van der Waals surface area contributed by atoms with Gasteiger partial charge in [-0.1, -0.05) is 20.3 Å². The molecule has 0 unspecified atom stereocenters. The van der Waals surface area contributed by atoms with E-state index >= 15 is 0 Å². The number of hydrogen-bond donors (Lipinski definition) is 2. The number of likely N-dealkylation sites (tertiary alicyclic amines) is 1. The van der Waals surface area contributed by atoms with Crippen molar-refractivity contribution in [3.8, 4) is 0 Å². The topological polar surface area (TPSA) is 53.1 Å². The van der Waals surface area contributed by atoms with Gasteiger partial charge in [0.1, 0.15) is 18.0 Å². The number of hydrogen-bond acceptors (Lipinski definition) is 5. The molecule has 0 aromatic carbocycles. The van der Waals surface area contributed by atoms with Crippen LogP contribution in [0, 0.1) is 0 Å². The normalized spacial score (nSPS) is 16.2. The van der Waals surface area contributed by atoms with Crippen molar-refractivity contribution in [3.05, 3.63) is 11.9 Å². The van der Waals surface area contributed by atoms with Gasteiger partial charge in [-0.05, 0) is 38.8 Å². The van der Waals surface area contributed by atoms with Gasteiger partial charge in [0.25, 0.3) is 0 Å². The first-order chi connectivity index (χ1) is 10.2. The third-order valence-electron chi connectivity index (χ3n) is 3.97. The first-order valence-electron chi connectivity index (χ1n) is 8.27. The Balaban J connectivity index is 1.96. The van der Waals surface area contributed by atoms with Crippen molar-refractivity contribution >= 4 is 11.6 Å². The van der Waals surface area contributed by atoms with Gasteiger partial charge >= 0.3 is 0 Å². The standard InChI is InChI=1S/C16H29N5/c1-4-17-15-14(13(2)3)16(20-12-19-15)18-8-11-21-9-6-5-7-10-21/h12-13H,4-11H2,1-3H3,(H2,17,18,19,20). The molecule has 118 valence electrons. The van der Waals surface area contributed by atoms with Crippen LogP contribution in [0.3, 0.4) is 0 Å². The van der Waals surface area contributed by atoms with Gasteiger partial charge in [-0.2, -0.15) is 0 Å². The fraction of sp³-hybridized carbons (Fsp3) is 0.750. The predicted octanol–water partition coefficient (Wildman–Crippen LogP) is 2.93. The van der Waals surface area contributed by atoms with Crippen molar-refractivity contribution in [1.29, 1.82) is 0 Å². The molecule has 0 radical (unpaired) electrons. The molecule has 2 heterocycles. The lowest BCUT2D eigenvalue weighted by Crippen LogP contribution is -2.34. The number of piperidine rings is 1. The number of rotatable bonds is 7. The molecule has 1 aromatic rings. The lowest BCUT2D eigenvalue weighted by atomic mass is 10.0. The predicted molar refractivity (Wildman–Crippen MR) is 89.1 cm³/mol. The molecule has 0 saturated carbocycles. The van der Waals surface area contributed by atoms with Crippen molar-refractivity contribution < 1.29 is 0 Å². The van der Waals surface area contributed by atoms with Gasteiger partial charge in [-0.25, -0.2) is 9.97 Å². The second kappa shape index (κ2) is 8.17. The van der Waals surface area contributed by atoms with Crippen LogP contribution >= 0.6 is 0 Å². The minimum atomic E-state index is 0.401. The minimum absolute atomic E-state index is 0.401. The van der Waals surface area contributed by atoms with Gasteiger partial charge in [0.2, 0.25) is 0 Å². The third-order valence-corrected chi connectivity index (χ3v) is 3.97. The Morgan fingerprint density at radius 2 is 1.76 bits per heavy atom.